The summed E-state index contributed by atoms with van der Waals surface area (Å²) < 4.78 is 1.72. The largest absolute Gasteiger partial charge is 0.321 e. The standard InChI is InChI=1S/C21H20ClN3O2/c1-13(2)20-18(12-23-25(20)16-8-6-7-15(22)11-16)21(27)24-19-10-5-4-9-17(19)14(3)26/h4-13H,1-3H3,(H,24,27). The first-order valence-electron chi connectivity index (χ1n) is 8.63. The number of hydrogen-bond donors (Lipinski definition) is 1. The van der Waals surface area contributed by atoms with E-state index in [1.807, 2.05) is 26.0 Å². The van der Waals surface area contributed by atoms with Gasteiger partial charge < -0.3 is 5.32 Å². The maximum absolute atomic E-state index is 12.9. The lowest BCUT2D eigenvalue weighted by atomic mass is 10.0. The van der Waals surface area contributed by atoms with Crippen LogP contribution < -0.4 is 5.32 Å². The zero-order valence-electron chi connectivity index (χ0n) is 15.4. The van der Waals surface area contributed by atoms with Crippen molar-refractivity contribution in [2.45, 2.75) is 26.7 Å². The van der Waals surface area contributed by atoms with Gasteiger partial charge in [0.15, 0.2) is 5.78 Å². The fourth-order valence-corrected chi connectivity index (χ4v) is 3.18. The highest BCUT2D eigenvalue weighted by molar-refractivity contribution is 6.30. The Hall–Kier alpha value is -2.92. The van der Waals surface area contributed by atoms with Crippen molar-refractivity contribution < 1.29 is 9.59 Å². The summed E-state index contributed by atoms with van der Waals surface area (Å²) >= 11 is 6.10. The van der Waals surface area contributed by atoms with Crippen LogP contribution in [-0.4, -0.2) is 21.5 Å². The molecule has 0 aliphatic rings. The summed E-state index contributed by atoms with van der Waals surface area (Å²) in [5, 5.41) is 7.84. The molecule has 0 radical (unpaired) electrons. The Morgan fingerprint density at radius 1 is 1.07 bits per heavy atom. The van der Waals surface area contributed by atoms with Crippen LogP contribution in [-0.2, 0) is 0 Å². The Morgan fingerprint density at radius 3 is 2.48 bits per heavy atom. The minimum atomic E-state index is -0.305. The van der Waals surface area contributed by atoms with E-state index in [2.05, 4.69) is 10.4 Å². The van der Waals surface area contributed by atoms with Crippen LogP contribution >= 0.6 is 11.6 Å². The summed E-state index contributed by atoms with van der Waals surface area (Å²) in [6.45, 7) is 5.47. The molecule has 0 bridgehead atoms. The number of hydrogen-bond acceptors (Lipinski definition) is 3. The van der Waals surface area contributed by atoms with Crippen molar-refractivity contribution in [2.75, 3.05) is 5.32 Å². The van der Waals surface area contributed by atoms with Gasteiger partial charge in [-0.1, -0.05) is 43.6 Å². The monoisotopic (exact) mass is 381 g/mol. The van der Waals surface area contributed by atoms with Crippen LogP contribution in [0.25, 0.3) is 5.69 Å². The third-order valence-corrected chi connectivity index (χ3v) is 4.44. The van der Waals surface area contributed by atoms with Gasteiger partial charge in [-0.15, -0.1) is 0 Å². The van der Waals surface area contributed by atoms with Crippen molar-refractivity contribution in [3.63, 3.8) is 0 Å². The molecule has 1 amide bonds. The van der Waals surface area contributed by atoms with Gasteiger partial charge in [0.2, 0.25) is 0 Å². The normalized spacial score (nSPS) is 10.9. The summed E-state index contributed by atoms with van der Waals surface area (Å²) in [5.74, 6) is -0.361. The van der Waals surface area contributed by atoms with Crippen LogP contribution in [0.4, 0.5) is 5.69 Å². The molecule has 0 saturated heterocycles. The SMILES string of the molecule is CC(=O)c1ccccc1NC(=O)c1cnn(-c2cccc(Cl)c2)c1C(C)C. The van der Waals surface area contributed by atoms with Crippen LogP contribution in [0.3, 0.4) is 0 Å². The number of aromatic nitrogens is 2. The van der Waals surface area contributed by atoms with Gasteiger partial charge in [-0.25, -0.2) is 4.68 Å². The van der Waals surface area contributed by atoms with Gasteiger partial charge in [0.25, 0.3) is 5.91 Å². The predicted molar refractivity (Wildman–Crippen MR) is 107 cm³/mol. The van der Waals surface area contributed by atoms with Crippen molar-refractivity contribution in [3.8, 4) is 5.69 Å². The lowest BCUT2D eigenvalue weighted by Gasteiger charge is -2.14. The Bertz CT molecular complexity index is 1010. The molecule has 0 unspecified atom stereocenters. The first-order valence-corrected chi connectivity index (χ1v) is 9.01. The molecule has 3 aromatic rings. The lowest BCUT2D eigenvalue weighted by Crippen LogP contribution is -2.17. The quantitative estimate of drug-likeness (QED) is 0.625. The Kier molecular flexibility index (Phi) is 5.42. The highest BCUT2D eigenvalue weighted by Crippen LogP contribution is 2.26. The van der Waals surface area contributed by atoms with Crippen molar-refractivity contribution in [1.82, 2.24) is 9.78 Å². The fraction of sp³-hybridized carbons (Fsp3) is 0.190. The van der Waals surface area contributed by atoms with Gasteiger partial charge in [0.05, 0.1) is 28.8 Å². The molecule has 5 nitrogen and oxygen atoms in total. The van der Waals surface area contributed by atoms with E-state index >= 15 is 0 Å². The van der Waals surface area contributed by atoms with E-state index in [0.29, 0.717) is 21.8 Å². The second-order valence-corrected chi connectivity index (χ2v) is 6.98. The van der Waals surface area contributed by atoms with Gasteiger partial charge in [-0.05, 0) is 43.2 Å². The number of benzene rings is 2. The van der Waals surface area contributed by atoms with Crippen molar-refractivity contribution in [2.24, 2.45) is 0 Å². The Labute approximate surface area is 163 Å². The molecule has 1 heterocycles. The number of amides is 1. The molecule has 2 aromatic carbocycles. The van der Waals surface area contributed by atoms with E-state index in [-0.39, 0.29) is 17.6 Å². The summed E-state index contributed by atoms with van der Waals surface area (Å²) in [5.41, 5.74) is 2.98. The van der Waals surface area contributed by atoms with Crippen molar-refractivity contribution >= 4 is 29.0 Å². The minimum Gasteiger partial charge on any atom is -0.321 e. The number of rotatable bonds is 5. The average Bonchev–Trinajstić information content (AvgIpc) is 3.07. The topological polar surface area (TPSA) is 64.0 Å². The molecular weight excluding hydrogens is 362 g/mol. The van der Waals surface area contributed by atoms with E-state index in [4.69, 9.17) is 11.6 Å². The Balaban J connectivity index is 2.00. The minimum absolute atomic E-state index is 0.0512. The van der Waals surface area contributed by atoms with E-state index in [0.717, 1.165) is 11.4 Å². The van der Waals surface area contributed by atoms with E-state index in [9.17, 15) is 9.59 Å². The van der Waals surface area contributed by atoms with E-state index in [1.165, 1.54) is 6.92 Å². The average molecular weight is 382 g/mol. The van der Waals surface area contributed by atoms with Gasteiger partial charge in [-0.2, -0.15) is 5.10 Å². The van der Waals surface area contributed by atoms with Crippen molar-refractivity contribution in [3.05, 3.63) is 76.6 Å². The van der Waals surface area contributed by atoms with E-state index in [1.54, 1.807) is 47.3 Å². The molecule has 27 heavy (non-hydrogen) atoms. The second kappa shape index (κ2) is 7.76. The zero-order valence-corrected chi connectivity index (χ0v) is 16.1. The second-order valence-electron chi connectivity index (χ2n) is 6.55. The van der Waals surface area contributed by atoms with E-state index < -0.39 is 0 Å². The van der Waals surface area contributed by atoms with Crippen LogP contribution in [0, 0.1) is 0 Å². The fourth-order valence-electron chi connectivity index (χ4n) is 2.99. The number of para-hydroxylation sites is 1. The maximum atomic E-state index is 12.9. The highest BCUT2D eigenvalue weighted by atomic mass is 35.5. The van der Waals surface area contributed by atoms with Crippen LogP contribution in [0.15, 0.2) is 54.7 Å². The summed E-state index contributed by atoms with van der Waals surface area (Å²) in [6, 6.07) is 14.3. The Morgan fingerprint density at radius 2 is 1.81 bits per heavy atom. The molecule has 0 saturated carbocycles. The first kappa shape index (κ1) is 18.9. The van der Waals surface area contributed by atoms with Gasteiger partial charge in [0.1, 0.15) is 0 Å². The third-order valence-electron chi connectivity index (χ3n) is 4.21. The molecule has 138 valence electrons. The van der Waals surface area contributed by atoms with Gasteiger partial charge >= 0.3 is 0 Å². The van der Waals surface area contributed by atoms with Gasteiger partial charge in [0, 0.05) is 10.6 Å². The molecule has 0 atom stereocenters. The number of carbonyl (C=O) groups is 2. The molecule has 3 rings (SSSR count). The number of carbonyl (C=O) groups excluding carboxylic acids is 2. The number of ketones is 1. The molecule has 6 heteroatoms. The van der Waals surface area contributed by atoms with Crippen molar-refractivity contribution in [1.29, 1.82) is 0 Å². The number of anilines is 1. The maximum Gasteiger partial charge on any atom is 0.259 e. The summed E-state index contributed by atoms with van der Waals surface area (Å²) in [4.78, 5) is 24.7. The molecule has 1 N–H and O–H groups in total. The van der Waals surface area contributed by atoms with Crippen LogP contribution in [0.1, 0.15) is 53.1 Å². The number of halogens is 1. The zero-order chi connectivity index (χ0) is 19.6. The van der Waals surface area contributed by atoms with Crippen LogP contribution in [0.5, 0.6) is 0 Å². The molecular formula is C21H20ClN3O2. The molecule has 0 aliphatic carbocycles. The number of nitrogens with zero attached hydrogens (tertiary/aromatic N) is 2. The predicted octanol–water partition coefficient (Wildman–Crippen LogP) is 5.10. The summed E-state index contributed by atoms with van der Waals surface area (Å²) in [6.07, 6.45) is 1.54. The molecule has 0 aliphatic heterocycles. The molecule has 1 aromatic heterocycles. The van der Waals surface area contributed by atoms with Crippen LogP contribution in [0.2, 0.25) is 5.02 Å². The third kappa shape index (κ3) is 3.93. The highest BCUT2D eigenvalue weighted by Gasteiger charge is 2.22. The number of nitrogens with one attached hydrogen (secondary N) is 1. The first-order chi connectivity index (χ1) is 12.9. The summed E-state index contributed by atoms with van der Waals surface area (Å²) in [7, 11) is 0. The van der Waals surface area contributed by atoms with Gasteiger partial charge in [-0.3, -0.25) is 9.59 Å². The molecule has 0 fully saturated rings. The molecule has 0 spiro atoms. The smallest absolute Gasteiger partial charge is 0.259 e. The lowest BCUT2D eigenvalue weighted by molar-refractivity contribution is 0.101. The number of Topliss-reactive ketones (excluding diaryl/α,β-unsaturated/α-hetero) is 1.